The van der Waals surface area contributed by atoms with Gasteiger partial charge in [-0.15, -0.1) is 0 Å². The van der Waals surface area contributed by atoms with Crippen LogP contribution in [0.2, 0.25) is 0 Å². The van der Waals surface area contributed by atoms with Gasteiger partial charge in [-0.25, -0.2) is 17.5 Å². The number of rotatable bonds is 6. The Balaban J connectivity index is 2.78. The fraction of sp³-hybridized carbons (Fsp3) is 0.364. The van der Waals surface area contributed by atoms with E-state index in [1.165, 1.54) is 12.1 Å². The minimum Gasteiger partial charge on any atom is -0.389 e. The van der Waals surface area contributed by atoms with Gasteiger partial charge in [-0.1, -0.05) is 31.3 Å². The van der Waals surface area contributed by atoms with E-state index in [4.69, 9.17) is 18.0 Å². The summed E-state index contributed by atoms with van der Waals surface area (Å²) in [6.07, 6.45) is 0.512. The molecule has 0 atom stereocenters. The van der Waals surface area contributed by atoms with Crippen LogP contribution in [0.5, 0.6) is 0 Å². The summed E-state index contributed by atoms with van der Waals surface area (Å²) >= 11 is 4.72. The van der Waals surface area contributed by atoms with Gasteiger partial charge < -0.3 is 5.73 Å². The summed E-state index contributed by atoms with van der Waals surface area (Å²) in [6, 6.07) is 4.24. The van der Waals surface area contributed by atoms with Crippen molar-refractivity contribution < 1.29 is 12.8 Å². The van der Waals surface area contributed by atoms with Gasteiger partial charge in [-0.05, 0) is 12.5 Å². The molecule has 18 heavy (non-hydrogen) atoms. The molecule has 7 heteroatoms. The highest BCUT2D eigenvalue weighted by Gasteiger charge is 2.11. The van der Waals surface area contributed by atoms with E-state index in [2.05, 4.69) is 4.72 Å². The number of nitrogens with two attached hydrogens (primary N) is 1. The van der Waals surface area contributed by atoms with Crippen LogP contribution in [0.25, 0.3) is 0 Å². The third kappa shape index (κ3) is 4.32. The summed E-state index contributed by atoms with van der Waals surface area (Å²) in [6.45, 7) is 1.68. The Morgan fingerprint density at radius 2 is 2.17 bits per heavy atom. The zero-order chi connectivity index (χ0) is 13.8. The zero-order valence-corrected chi connectivity index (χ0v) is 11.6. The van der Waals surface area contributed by atoms with Crippen molar-refractivity contribution in [2.75, 3.05) is 5.75 Å². The van der Waals surface area contributed by atoms with Crippen molar-refractivity contribution in [1.29, 1.82) is 0 Å². The molecule has 0 saturated heterocycles. The van der Waals surface area contributed by atoms with Gasteiger partial charge in [0.2, 0.25) is 10.0 Å². The Morgan fingerprint density at radius 1 is 1.50 bits per heavy atom. The minimum atomic E-state index is -3.34. The molecule has 1 rings (SSSR count). The standard InChI is InChI=1S/C11H15FN2O2S2/c1-2-5-18(15,16)14-7-9-4-3-8(11(13)17)6-10(9)12/h3-4,6,14H,2,5,7H2,1H3,(H2,13,17). The van der Waals surface area contributed by atoms with E-state index < -0.39 is 15.8 Å². The van der Waals surface area contributed by atoms with Gasteiger partial charge in [0.05, 0.1) is 5.75 Å². The van der Waals surface area contributed by atoms with Crippen LogP contribution in [0.15, 0.2) is 18.2 Å². The van der Waals surface area contributed by atoms with Gasteiger partial charge in [0.1, 0.15) is 10.8 Å². The number of hydrogen-bond donors (Lipinski definition) is 2. The minimum absolute atomic E-state index is 0.0274. The van der Waals surface area contributed by atoms with Crippen molar-refractivity contribution in [2.24, 2.45) is 5.73 Å². The maximum absolute atomic E-state index is 13.6. The number of thiocarbonyl (C=S) groups is 1. The molecule has 1 aromatic rings. The van der Waals surface area contributed by atoms with Crippen LogP contribution in [0.3, 0.4) is 0 Å². The molecule has 0 aliphatic carbocycles. The van der Waals surface area contributed by atoms with Gasteiger partial charge >= 0.3 is 0 Å². The molecule has 0 aromatic heterocycles. The van der Waals surface area contributed by atoms with E-state index in [1.807, 2.05) is 0 Å². The lowest BCUT2D eigenvalue weighted by Crippen LogP contribution is -2.26. The van der Waals surface area contributed by atoms with Gasteiger partial charge in [0, 0.05) is 17.7 Å². The Kier molecular flexibility index (Phi) is 5.18. The first-order valence-electron chi connectivity index (χ1n) is 5.41. The topological polar surface area (TPSA) is 72.2 Å². The Labute approximate surface area is 111 Å². The fourth-order valence-electron chi connectivity index (χ4n) is 1.37. The van der Waals surface area contributed by atoms with Crippen LogP contribution in [0.4, 0.5) is 4.39 Å². The summed E-state index contributed by atoms with van der Waals surface area (Å²) in [7, 11) is -3.34. The molecule has 0 radical (unpaired) electrons. The van der Waals surface area contributed by atoms with Crippen molar-refractivity contribution >= 4 is 27.2 Å². The molecule has 0 spiro atoms. The average molecular weight is 290 g/mol. The molecule has 100 valence electrons. The Morgan fingerprint density at radius 3 is 2.67 bits per heavy atom. The highest BCUT2D eigenvalue weighted by Crippen LogP contribution is 2.11. The Bertz CT molecular complexity index is 544. The second-order valence-electron chi connectivity index (χ2n) is 3.81. The maximum atomic E-state index is 13.6. The predicted molar refractivity (Wildman–Crippen MR) is 73.2 cm³/mol. The molecule has 0 aliphatic heterocycles. The van der Waals surface area contributed by atoms with E-state index in [-0.39, 0.29) is 22.8 Å². The van der Waals surface area contributed by atoms with Gasteiger partial charge in [-0.2, -0.15) is 0 Å². The van der Waals surface area contributed by atoms with Crippen LogP contribution in [0, 0.1) is 5.82 Å². The highest BCUT2D eigenvalue weighted by atomic mass is 32.2. The van der Waals surface area contributed by atoms with Crippen LogP contribution in [-0.4, -0.2) is 19.2 Å². The first kappa shape index (κ1) is 15.0. The van der Waals surface area contributed by atoms with E-state index in [1.54, 1.807) is 13.0 Å². The van der Waals surface area contributed by atoms with Crippen LogP contribution >= 0.6 is 12.2 Å². The van der Waals surface area contributed by atoms with Crippen molar-refractivity contribution in [3.05, 3.63) is 35.1 Å². The first-order valence-corrected chi connectivity index (χ1v) is 7.47. The molecule has 0 aliphatic rings. The molecular weight excluding hydrogens is 275 g/mol. The molecule has 0 unspecified atom stereocenters. The number of nitrogens with one attached hydrogen (secondary N) is 1. The largest absolute Gasteiger partial charge is 0.389 e. The normalized spacial score (nSPS) is 11.4. The van der Waals surface area contributed by atoms with Crippen molar-refractivity contribution in [2.45, 2.75) is 19.9 Å². The molecule has 1 aromatic carbocycles. The predicted octanol–water partition coefficient (Wildman–Crippen LogP) is 1.29. The molecule has 0 bridgehead atoms. The van der Waals surface area contributed by atoms with Crippen molar-refractivity contribution in [3.8, 4) is 0 Å². The molecule has 0 amide bonds. The molecule has 0 saturated carbocycles. The molecular formula is C11H15FN2O2S2. The second-order valence-corrected chi connectivity index (χ2v) is 6.18. The number of hydrogen-bond acceptors (Lipinski definition) is 3. The first-order chi connectivity index (χ1) is 8.35. The summed E-state index contributed by atoms with van der Waals surface area (Å²) < 4.78 is 38.8. The lowest BCUT2D eigenvalue weighted by molar-refractivity contribution is 0.573. The third-order valence-corrected chi connectivity index (χ3v) is 4.06. The maximum Gasteiger partial charge on any atom is 0.211 e. The zero-order valence-electron chi connectivity index (χ0n) is 9.94. The van der Waals surface area contributed by atoms with Gasteiger partial charge in [0.15, 0.2) is 0 Å². The molecule has 0 fully saturated rings. The highest BCUT2D eigenvalue weighted by molar-refractivity contribution is 7.89. The smallest absolute Gasteiger partial charge is 0.211 e. The fourth-order valence-corrected chi connectivity index (χ4v) is 2.56. The number of sulfonamides is 1. The lowest BCUT2D eigenvalue weighted by Gasteiger charge is -2.07. The average Bonchev–Trinajstić information content (AvgIpc) is 2.27. The SMILES string of the molecule is CCCS(=O)(=O)NCc1ccc(C(N)=S)cc1F. The van der Waals surface area contributed by atoms with Crippen molar-refractivity contribution in [3.63, 3.8) is 0 Å². The number of benzene rings is 1. The van der Waals surface area contributed by atoms with Crippen LogP contribution < -0.4 is 10.5 Å². The summed E-state index contributed by atoms with van der Waals surface area (Å²) in [5.41, 5.74) is 6.05. The van der Waals surface area contributed by atoms with Gasteiger partial charge in [-0.3, -0.25) is 0 Å². The summed E-state index contributed by atoms with van der Waals surface area (Å²) in [5, 5.41) is 0. The third-order valence-electron chi connectivity index (χ3n) is 2.29. The van der Waals surface area contributed by atoms with E-state index in [0.717, 1.165) is 0 Å². The summed E-state index contributed by atoms with van der Waals surface area (Å²) in [5.74, 6) is -0.501. The Hall–Kier alpha value is -1.05. The number of halogens is 1. The van der Waals surface area contributed by atoms with Gasteiger partial charge in [0.25, 0.3) is 0 Å². The van der Waals surface area contributed by atoms with E-state index in [9.17, 15) is 12.8 Å². The molecule has 3 N–H and O–H groups in total. The van der Waals surface area contributed by atoms with Crippen LogP contribution in [0.1, 0.15) is 24.5 Å². The second kappa shape index (κ2) is 6.21. The molecule has 0 heterocycles. The van der Waals surface area contributed by atoms with E-state index >= 15 is 0 Å². The monoisotopic (exact) mass is 290 g/mol. The van der Waals surface area contributed by atoms with Crippen molar-refractivity contribution in [1.82, 2.24) is 4.72 Å². The lowest BCUT2D eigenvalue weighted by atomic mass is 10.1. The summed E-state index contributed by atoms with van der Waals surface area (Å²) in [4.78, 5) is 0.104. The quantitative estimate of drug-likeness (QED) is 0.774. The van der Waals surface area contributed by atoms with Crippen LogP contribution in [-0.2, 0) is 16.6 Å². The molecule has 4 nitrogen and oxygen atoms in total. The van der Waals surface area contributed by atoms with E-state index in [0.29, 0.717) is 12.0 Å².